The Morgan fingerprint density at radius 1 is 0.864 bits per heavy atom. The van der Waals surface area contributed by atoms with E-state index in [0.29, 0.717) is 5.92 Å². The molecule has 120 valence electrons. The highest BCUT2D eigenvalue weighted by Crippen LogP contribution is 2.33. The second-order valence-corrected chi connectivity index (χ2v) is 7.06. The normalized spacial score (nSPS) is 19.7. The third-order valence-electron chi connectivity index (χ3n) is 5.33. The van der Waals surface area contributed by atoms with Crippen LogP contribution in [0.5, 0.6) is 0 Å². The van der Waals surface area contributed by atoms with Gasteiger partial charge in [0.2, 0.25) is 0 Å². The number of fused-ring (bicyclic) bond motifs is 1. The smallest absolute Gasteiger partial charge is 0.0926 e. The summed E-state index contributed by atoms with van der Waals surface area (Å²) >= 11 is 0. The SMILES string of the molecule is Cc1cccc2n[nH]c(C3CCCCCCCCCCC3)c12. The Labute approximate surface area is 134 Å². The maximum atomic E-state index is 4.56. The first-order chi connectivity index (χ1) is 10.9. The summed E-state index contributed by atoms with van der Waals surface area (Å²) in [4.78, 5) is 0. The maximum Gasteiger partial charge on any atom is 0.0926 e. The molecule has 3 rings (SSSR count). The summed E-state index contributed by atoms with van der Waals surface area (Å²) in [6.45, 7) is 2.22. The van der Waals surface area contributed by atoms with Crippen molar-refractivity contribution >= 4 is 10.9 Å². The van der Waals surface area contributed by atoms with Crippen LogP contribution in [0.2, 0.25) is 0 Å². The van der Waals surface area contributed by atoms with Gasteiger partial charge in [0.05, 0.1) is 5.52 Å². The summed E-state index contributed by atoms with van der Waals surface area (Å²) in [7, 11) is 0. The van der Waals surface area contributed by atoms with Gasteiger partial charge in [-0.15, -0.1) is 0 Å². The number of aromatic amines is 1. The molecule has 1 fully saturated rings. The molecule has 1 heterocycles. The van der Waals surface area contributed by atoms with Crippen LogP contribution in [0.25, 0.3) is 10.9 Å². The van der Waals surface area contributed by atoms with Gasteiger partial charge >= 0.3 is 0 Å². The van der Waals surface area contributed by atoms with Crippen LogP contribution < -0.4 is 0 Å². The molecule has 2 nitrogen and oxygen atoms in total. The molecule has 1 aromatic heterocycles. The average molecular weight is 298 g/mol. The molecule has 22 heavy (non-hydrogen) atoms. The van der Waals surface area contributed by atoms with Crippen LogP contribution in [-0.2, 0) is 0 Å². The molecule has 0 amide bonds. The Balaban J connectivity index is 1.78. The lowest BCUT2D eigenvalue weighted by Crippen LogP contribution is -2.02. The lowest BCUT2D eigenvalue weighted by molar-refractivity contribution is 0.463. The predicted molar refractivity (Wildman–Crippen MR) is 94.4 cm³/mol. The van der Waals surface area contributed by atoms with Gasteiger partial charge < -0.3 is 0 Å². The molecule has 2 aromatic rings. The second-order valence-electron chi connectivity index (χ2n) is 7.06. The summed E-state index contributed by atoms with van der Waals surface area (Å²) in [6, 6.07) is 6.47. The Kier molecular flexibility index (Phi) is 5.53. The maximum absolute atomic E-state index is 4.56. The van der Waals surface area contributed by atoms with Crippen molar-refractivity contribution in [2.24, 2.45) is 0 Å². The number of H-pyrrole nitrogens is 1. The summed E-state index contributed by atoms with van der Waals surface area (Å²) < 4.78 is 0. The van der Waals surface area contributed by atoms with E-state index in [1.54, 1.807) is 0 Å². The molecule has 1 aliphatic carbocycles. The number of hydrogen-bond donors (Lipinski definition) is 1. The Bertz CT molecular complexity index is 572. The number of aromatic nitrogens is 2. The van der Waals surface area contributed by atoms with Crippen LogP contribution in [0, 0.1) is 6.92 Å². The van der Waals surface area contributed by atoms with Crippen molar-refractivity contribution in [2.75, 3.05) is 0 Å². The van der Waals surface area contributed by atoms with E-state index >= 15 is 0 Å². The molecule has 0 aliphatic heterocycles. The minimum atomic E-state index is 0.672. The van der Waals surface area contributed by atoms with Gasteiger partial charge in [-0.25, -0.2) is 0 Å². The molecular formula is C20H30N2. The van der Waals surface area contributed by atoms with Gasteiger partial charge in [0.1, 0.15) is 0 Å². The fourth-order valence-electron chi connectivity index (χ4n) is 4.02. The van der Waals surface area contributed by atoms with Gasteiger partial charge in [0.25, 0.3) is 0 Å². The highest BCUT2D eigenvalue weighted by Gasteiger charge is 2.18. The van der Waals surface area contributed by atoms with Crippen LogP contribution in [0.15, 0.2) is 18.2 Å². The lowest BCUT2D eigenvalue weighted by atomic mass is 9.88. The van der Waals surface area contributed by atoms with Crippen molar-refractivity contribution in [2.45, 2.75) is 83.5 Å². The second kappa shape index (κ2) is 7.80. The van der Waals surface area contributed by atoms with Crippen molar-refractivity contribution in [1.29, 1.82) is 0 Å². The first kappa shape index (κ1) is 15.6. The third-order valence-corrected chi connectivity index (χ3v) is 5.33. The molecule has 0 unspecified atom stereocenters. The molecular weight excluding hydrogens is 268 g/mol. The lowest BCUT2D eigenvalue weighted by Gasteiger charge is -2.17. The Hall–Kier alpha value is -1.31. The fraction of sp³-hybridized carbons (Fsp3) is 0.650. The first-order valence-corrected chi connectivity index (χ1v) is 9.30. The third kappa shape index (κ3) is 3.71. The molecule has 0 saturated heterocycles. The van der Waals surface area contributed by atoms with Crippen molar-refractivity contribution in [3.63, 3.8) is 0 Å². The van der Waals surface area contributed by atoms with Crippen molar-refractivity contribution in [3.8, 4) is 0 Å². The minimum absolute atomic E-state index is 0.672. The number of aryl methyl sites for hydroxylation is 1. The van der Waals surface area contributed by atoms with Crippen LogP contribution in [0.3, 0.4) is 0 Å². The number of nitrogens with zero attached hydrogens (tertiary/aromatic N) is 1. The highest BCUT2D eigenvalue weighted by atomic mass is 15.1. The van der Waals surface area contributed by atoms with Crippen LogP contribution in [-0.4, -0.2) is 10.2 Å². The molecule has 0 bridgehead atoms. The molecule has 0 radical (unpaired) electrons. The Morgan fingerprint density at radius 3 is 2.09 bits per heavy atom. The van der Waals surface area contributed by atoms with E-state index in [0.717, 1.165) is 5.52 Å². The topological polar surface area (TPSA) is 28.7 Å². The van der Waals surface area contributed by atoms with E-state index in [1.807, 2.05) is 0 Å². The highest BCUT2D eigenvalue weighted by molar-refractivity contribution is 5.85. The standard InChI is InChI=1S/C20H30N2/c1-16-12-11-15-18-19(16)20(22-21-18)17-13-9-7-5-3-2-4-6-8-10-14-17/h11-12,15,17H,2-10,13-14H2,1H3,(H,21,22). The molecule has 0 spiro atoms. The molecule has 1 N–H and O–H groups in total. The number of hydrogen-bond acceptors (Lipinski definition) is 1. The molecule has 1 aromatic carbocycles. The number of benzene rings is 1. The van der Waals surface area contributed by atoms with Gasteiger partial charge in [-0.1, -0.05) is 69.9 Å². The molecule has 2 heteroatoms. The fourth-order valence-corrected chi connectivity index (χ4v) is 4.02. The van der Waals surface area contributed by atoms with E-state index < -0.39 is 0 Å². The molecule has 1 aliphatic rings. The van der Waals surface area contributed by atoms with Gasteiger partial charge in [-0.2, -0.15) is 5.10 Å². The van der Waals surface area contributed by atoms with Gasteiger partial charge in [-0.05, 0) is 31.4 Å². The van der Waals surface area contributed by atoms with E-state index in [1.165, 1.54) is 87.3 Å². The van der Waals surface area contributed by atoms with E-state index in [4.69, 9.17) is 0 Å². The largest absolute Gasteiger partial charge is 0.281 e. The van der Waals surface area contributed by atoms with Crippen LogP contribution >= 0.6 is 0 Å². The first-order valence-electron chi connectivity index (χ1n) is 9.30. The zero-order valence-corrected chi connectivity index (χ0v) is 14.0. The quantitative estimate of drug-likeness (QED) is 0.661. The van der Waals surface area contributed by atoms with Gasteiger partial charge in [-0.3, -0.25) is 5.10 Å². The van der Waals surface area contributed by atoms with Crippen LogP contribution in [0.1, 0.15) is 87.8 Å². The van der Waals surface area contributed by atoms with Crippen molar-refractivity contribution in [3.05, 3.63) is 29.5 Å². The monoisotopic (exact) mass is 298 g/mol. The summed E-state index contributed by atoms with van der Waals surface area (Å²) in [6.07, 6.45) is 15.4. The zero-order chi connectivity index (χ0) is 15.2. The Morgan fingerprint density at radius 2 is 1.45 bits per heavy atom. The zero-order valence-electron chi connectivity index (χ0n) is 14.0. The van der Waals surface area contributed by atoms with Gasteiger partial charge in [0, 0.05) is 17.0 Å². The van der Waals surface area contributed by atoms with Crippen molar-refractivity contribution < 1.29 is 0 Å². The van der Waals surface area contributed by atoms with Gasteiger partial charge in [0.15, 0.2) is 0 Å². The van der Waals surface area contributed by atoms with E-state index in [9.17, 15) is 0 Å². The minimum Gasteiger partial charge on any atom is -0.281 e. The summed E-state index contributed by atoms with van der Waals surface area (Å²) in [5.41, 5.74) is 3.92. The summed E-state index contributed by atoms with van der Waals surface area (Å²) in [5, 5.41) is 9.33. The number of nitrogens with one attached hydrogen (secondary N) is 1. The van der Waals surface area contributed by atoms with E-state index in [2.05, 4.69) is 35.3 Å². The van der Waals surface area contributed by atoms with Crippen molar-refractivity contribution in [1.82, 2.24) is 10.2 Å². The predicted octanol–water partition coefficient (Wildman–Crippen LogP) is 6.26. The number of rotatable bonds is 1. The molecule has 0 atom stereocenters. The molecule has 1 saturated carbocycles. The summed E-state index contributed by atoms with van der Waals surface area (Å²) in [5.74, 6) is 0.672. The van der Waals surface area contributed by atoms with E-state index in [-0.39, 0.29) is 0 Å². The van der Waals surface area contributed by atoms with Crippen LogP contribution in [0.4, 0.5) is 0 Å². The average Bonchev–Trinajstić information content (AvgIpc) is 2.93.